The molecule has 0 saturated carbocycles. The average molecular weight is 451 g/mol. The molecule has 1 fully saturated rings. The molecule has 0 aliphatic carbocycles. The van der Waals surface area contributed by atoms with Gasteiger partial charge in [-0.2, -0.15) is 0 Å². The molecule has 166 valence electrons. The third kappa shape index (κ3) is 4.09. The van der Waals surface area contributed by atoms with Crippen LogP contribution in [0, 0.1) is 0 Å². The van der Waals surface area contributed by atoms with E-state index in [0.717, 1.165) is 42.2 Å². The molecule has 3 heterocycles. The predicted octanol–water partition coefficient (Wildman–Crippen LogP) is 3.58. The summed E-state index contributed by atoms with van der Waals surface area (Å²) >= 11 is 0. The first-order valence-corrected chi connectivity index (χ1v) is 12.4. The first-order valence-electron chi connectivity index (χ1n) is 10.9. The van der Waals surface area contributed by atoms with E-state index in [1.54, 1.807) is 36.5 Å². The fourth-order valence-corrected chi connectivity index (χ4v) is 5.85. The van der Waals surface area contributed by atoms with Crippen molar-refractivity contribution in [3.8, 4) is 5.75 Å². The van der Waals surface area contributed by atoms with Gasteiger partial charge < -0.3 is 15.0 Å². The second-order valence-electron chi connectivity index (χ2n) is 8.32. The number of fused-ring (bicyclic) bond motifs is 2. The number of aromatic nitrogens is 2. The molecular weight excluding hydrogens is 424 g/mol. The van der Waals surface area contributed by atoms with E-state index in [1.807, 2.05) is 18.2 Å². The normalized spacial score (nSPS) is 16.1. The smallest absolute Gasteiger partial charge is 0.242 e. The number of nitrogens with one attached hydrogen (secondary N) is 2. The summed E-state index contributed by atoms with van der Waals surface area (Å²) in [5.41, 5.74) is 2.75. The molecule has 32 heavy (non-hydrogen) atoms. The van der Waals surface area contributed by atoms with Crippen LogP contribution in [-0.2, 0) is 10.0 Å². The lowest BCUT2D eigenvalue weighted by Gasteiger charge is -2.32. The summed E-state index contributed by atoms with van der Waals surface area (Å²) in [4.78, 5) is 10.0. The van der Waals surface area contributed by atoms with E-state index in [2.05, 4.69) is 25.8 Å². The van der Waals surface area contributed by atoms with Gasteiger partial charge in [0.1, 0.15) is 10.6 Å². The van der Waals surface area contributed by atoms with Crippen LogP contribution in [0.3, 0.4) is 0 Å². The highest BCUT2D eigenvalue weighted by Crippen LogP contribution is 2.34. The van der Waals surface area contributed by atoms with E-state index in [-0.39, 0.29) is 10.6 Å². The summed E-state index contributed by atoms with van der Waals surface area (Å²) in [5.74, 6) is 0.727. The molecule has 0 amide bonds. The summed E-state index contributed by atoms with van der Waals surface area (Å²) in [6.07, 6.45) is 5.71. The fourth-order valence-electron chi connectivity index (χ4n) is 4.65. The number of pyridine rings is 1. The molecule has 1 aliphatic rings. The number of benzene rings is 2. The summed E-state index contributed by atoms with van der Waals surface area (Å²) in [7, 11) is -3.63. The number of sulfonamides is 1. The minimum Gasteiger partial charge on any atom is -0.508 e. The predicted molar refractivity (Wildman–Crippen MR) is 125 cm³/mol. The van der Waals surface area contributed by atoms with Gasteiger partial charge >= 0.3 is 0 Å². The lowest BCUT2D eigenvalue weighted by Crippen LogP contribution is -2.39. The third-order valence-electron chi connectivity index (χ3n) is 6.33. The van der Waals surface area contributed by atoms with Crippen molar-refractivity contribution in [2.45, 2.75) is 23.7 Å². The molecular formula is C24H26N4O3S. The lowest BCUT2D eigenvalue weighted by atomic mass is 9.89. The maximum Gasteiger partial charge on any atom is 0.242 e. The molecule has 0 bridgehead atoms. The van der Waals surface area contributed by atoms with Crippen molar-refractivity contribution in [1.82, 2.24) is 19.6 Å². The molecule has 4 aromatic rings. The number of para-hydroxylation sites is 1. The number of likely N-dealkylation sites (tertiary alicyclic amines) is 1. The number of hydrogen-bond acceptors (Lipinski definition) is 5. The van der Waals surface area contributed by atoms with E-state index in [0.29, 0.717) is 24.5 Å². The number of H-pyrrole nitrogens is 1. The Kier molecular flexibility index (Phi) is 5.58. The van der Waals surface area contributed by atoms with Crippen molar-refractivity contribution in [2.24, 2.45) is 0 Å². The average Bonchev–Trinajstić information content (AvgIpc) is 3.22. The van der Waals surface area contributed by atoms with Crippen LogP contribution in [0.5, 0.6) is 5.75 Å². The summed E-state index contributed by atoms with van der Waals surface area (Å²) in [5, 5.41) is 11.6. The monoisotopic (exact) mass is 450 g/mol. The van der Waals surface area contributed by atoms with Crippen molar-refractivity contribution in [1.29, 1.82) is 0 Å². The number of piperidine rings is 1. The number of hydrogen-bond donors (Lipinski definition) is 3. The Labute approximate surface area is 187 Å². The van der Waals surface area contributed by atoms with Crippen molar-refractivity contribution < 1.29 is 13.5 Å². The number of aromatic hydroxyl groups is 1. The van der Waals surface area contributed by atoms with E-state index in [9.17, 15) is 13.5 Å². The van der Waals surface area contributed by atoms with Crippen molar-refractivity contribution in [3.63, 3.8) is 0 Å². The van der Waals surface area contributed by atoms with Crippen LogP contribution in [0.25, 0.3) is 21.8 Å². The van der Waals surface area contributed by atoms with E-state index >= 15 is 0 Å². The maximum absolute atomic E-state index is 12.9. The molecule has 0 radical (unpaired) electrons. The van der Waals surface area contributed by atoms with Crippen molar-refractivity contribution in [3.05, 3.63) is 66.5 Å². The van der Waals surface area contributed by atoms with Gasteiger partial charge in [0.2, 0.25) is 10.0 Å². The Hall–Kier alpha value is -2.94. The van der Waals surface area contributed by atoms with Crippen LogP contribution in [0.1, 0.15) is 24.3 Å². The van der Waals surface area contributed by atoms with Gasteiger partial charge in [0.25, 0.3) is 0 Å². The minimum absolute atomic E-state index is 0.222. The van der Waals surface area contributed by atoms with Crippen molar-refractivity contribution in [2.75, 3.05) is 26.2 Å². The highest BCUT2D eigenvalue weighted by molar-refractivity contribution is 7.89. The van der Waals surface area contributed by atoms with Gasteiger partial charge in [-0.3, -0.25) is 4.98 Å². The zero-order chi connectivity index (χ0) is 22.1. The van der Waals surface area contributed by atoms with E-state index in [1.165, 1.54) is 5.56 Å². The fraction of sp³-hybridized carbons (Fsp3) is 0.292. The Bertz CT molecular complexity index is 1350. The number of nitrogens with zero attached hydrogens (tertiary/aromatic N) is 2. The Balaban J connectivity index is 1.18. The quantitative estimate of drug-likeness (QED) is 0.417. The van der Waals surface area contributed by atoms with Gasteiger partial charge in [0.15, 0.2) is 0 Å². The number of phenolic OH excluding ortho intramolecular Hbond substituents is 1. The highest BCUT2D eigenvalue weighted by atomic mass is 32.2. The van der Waals surface area contributed by atoms with Crippen LogP contribution >= 0.6 is 0 Å². The summed E-state index contributed by atoms with van der Waals surface area (Å²) in [6, 6.07) is 14.3. The zero-order valence-electron chi connectivity index (χ0n) is 17.7. The van der Waals surface area contributed by atoms with E-state index in [4.69, 9.17) is 0 Å². The summed E-state index contributed by atoms with van der Waals surface area (Å²) in [6.45, 7) is 2.88. The van der Waals surface area contributed by atoms with Crippen LogP contribution in [-0.4, -0.2) is 54.6 Å². The Morgan fingerprint density at radius 1 is 1.12 bits per heavy atom. The molecule has 8 heteroatoms. The van der Waals surface area contributed by atoms with Crippen LogP contribution < -0.4 is 4.72 Å². The lowest BCUT2D eigenvalue weighted by molar-refractivity contribution is 0.216. The van der Waals surface area contributed by atoms with Gasteiger partial charge in [0, 0.05) is 47.8 Å². The third-order valence-corrected chi connectivity index (χ3v) is 7.82. The van der Waals surface area contributed by atoms with Crippen LogP contribution in [0.4, 0.5) is 0 Å². The molecule has 0 unspecified atom stereocenters. The molecule has 1 aliphatic heterocycles. The number of rotatable bonds is 6. The number of aromatic amines is 1. The van der Waals surface area contributed by atoms with Gasteiger partial charge in [-0.1, -0.05) is 18.2 Å². The van der Waals surface area contributed by atoms with Gasteiger partial charge in [-0.25, -0.2) is 13.1 Å². The first kappa shape index (κ1) is 20.9. The van der Waals surface area contributed by atoms with Gasteiger partial charge in [0.05, 0.1) is 5.52 Å². The zero-order valence-corrected chi connectivity index (χ0v) is 18.5. The minimum atomic E-state index is -3.63. The van der Waals surface area contributed by atoms with Gasteiger partial charge in [-0.15, -0.1) is 0 Å². The largest absolute Gasteiger partial charge is 0.508 e. The van der Waals surface area contributed by atoms with E-state index < -0.39 is 10.0 Å². The molecule has 5 rings (SSSR count). The maximum atomic E-state index is 12.9. The molecule has 7 nitrogen and oxygen atoms in total. The molecule has 2 aromatic heterocycles. The van der Waals surface area contributed by atoms with Crippen LogP contribution in [0.15, 0.2) is 65.8 Å². The molecule has 3 N–H and O–H groups in total. The Morgan fingerprint density at radius 2 is 1.94 bits per heavy atom. The molecule has 0 spiro atoms. The topological polar surface area (TPSA) is 98.3 Å². The highest BCUT2D eigenvalue weighted by Gasteiger charge is 2.23. The SMILES string of the molecule is O=S(=O)(NCCN1CCC(c2c[nH]c3cc(O)ccc23)CC1)c1cccc2cccnc12. The van der Waals surface area contributed by atoms with Crippen molar-refractivity contribution >= 4 is 31.8 Å². The second kappa shape index (κ2) is 8.54. The summed E-state index contributed by atoms with van der Waals surface area (Å²) < 4.78 is 28.5. The second-order valence-corrected chi connectivity index (χ2v) is 10.1. The standard InChI is InChI=1S/C24H26N4O3S/c29-19-6-7-20-21(16-26-22(20)15-19)17-8-12-28(13-9-17)14-11-27-32(30,31)23-5-1-3-18-4-2-10-25-24(18)23/h1-7,10,15-17,26-27,29H,8-9,11-14H2. The Morgan fingerprint density at radius 3 is 2.78 bits per heavy atom. The number of phenols is 1. The van der Waals surface area contributed by atoms with Gasteiger partial charge in [-0.05, 0) is 61.7 Å². The first-order chi connectivity index (χ1) is 15.5. The molecule has 2 aromatic carbocycles. The van der Waals surface area contributed by atoms with Crippen LogP contribution in [0.2, 0.25) is 0 Å². The molecule has 0 atom stereocenters. The molecule has 1 saturated heterocycles.